The van der Waals surface area contributed by atoms with Gasteiger partial charge in [-0.25, -0.2) is 14.5 Å². The fourth-order valence-corrected chi connectivity index (χ4v) is 3.42. The molecule has 0 aliphatic heterocycles. The molecule has 2 amide bonds. The van der Waals surface area contributed by atoms with Gasteiger partial charge in [-0.05, 0) is 78.5 Å². The summed E-state index contributed by atoms with van der Waals surface area (Å²) in [7, 11) is 0. The third-order valence-corrected chi connectivity index (χ3v) is 5.11. The lowest BCUT2D eigenvalue weighted by atomic mass is 9.95. The maximum atomic E-state index is 12.9. The van der Waals surface area contributed by atoms with E-state index in [1.165, 1.54) is 0 Å². The summed E-state index contributed by atoms with van der Waals surface area (Å²) >= 11 is 0. The summed E-state index contributed by atoms with van der Waals surface area (Å²) in [5.41, 5.74) is 1.23. The molecular weight excluding hydrogens is 382 g/mol. The van der Waals surface area contributed by atoms with Crippen LogP contribution in [0.15, 0.2) is 24.4 Å². The van der Waals surface area contributed by atoms with E-state index in [9.17, 15) is 9.59 Å². The summed E-state index contributed by atoms with van der Waals surface area (Å²) in [6, 6.07) is 5.49. The molecule has 162 valence electrons. The van der Waals surface area contributed by atoms with Gasteiger partial charge in [0.15, 0.2) is 5.82 Å². The van der Waals surface area contributed by atoms with E-state index in [1.807, 2.05) is 47.6 Å². The van der Waals surface area contributed by atoms with Crippen molar-refractivity contribution in [2.75, 3.05) is 6.54 Å². The Labute approximate surface area is 177 Å². The second kappa shape index (κ2) is 8.08. The Balaban J connectivity index is 1.66. The summed E-state index contributed by atoms with van der Waals surface area (Å²) in [6.07, 6.45) is 3.10. The third-order valence-electron chi connectivity index (χ3n) is 5.11. The lowest BCUT2D eigenvalue weighted by Crippen LogP contribution is -2.55. The first kappa shape index (κ1) is 21.8. The second-order valence-corrected chi connectivity index (χ2v) is 9.25. The molecule has 2 heterocycles. The summed E-state index contributed by atoms with van der Waals surface area (Å²) in [5.74, 6) is 0.759. The van der Waals surface area contributed by atoms with Gasteiger partial charge in [-0.15, -0.1) is 0 Å². The Kier molecular flexibility index (Phi) is 5.87. The Morgan fingerprint density at radius 3 is 2.40 bits per heavy atom. The Hall–Kier alpha value is -2.90. The van der Waals surface area contributed by atoms with Gasteiger partial charge >= 0.3 is 6.09 Å². The van der Waals surface area contributed by atoms with Gasteiger partial charge in [0.1, 0.15) is 5.60 Å². The van der Waals surface area contributed by atoms with Crippen LogP contribution in [0.2, 0.25) is 0 Å². The number of hydrogen-bond donors (Lipinski definition) is 2. The zero-order valence-electron chi connectivity index (χ0n) is 18.6. The molecule has 1 fully saturated rings. The quantitative estimate of drug-likeness (QED) is 0.757. The summed E-state index contributed by atoms with van der Waals surface area (Å²) in [6.45, 7) is 11.6. The molecule has 0 spiro atoms. The number of ether oxygens (including phenoxy) is 1. The number of rotatable bonds is 6. The zero-order valence-corrected chi connectivity index (χ0v) is 18.6. The smallest absolute Gasteiger partial charge is 0.407 e. The number of hydrogen-bond acceptors (Lipinski definition) is 5. The fraction of sp³-hybridized carbons (Fsp3) is 0.545. The van der Waals surface area contributed by atoms with Crippen molar-refractivity contribution in [2.24, 2.45) is 5.92 Å². The first-order valence-corrected chi connectivity index (χ1v) is 10.3. The first-order valence-electron chi connectivity index (χ1n) is 10.3. The van der Waals surface area contributed by atoms with Gasteiger partial charge in [-0.1, -0.05) is 0 Å². The summed E-state index contributed by atoms with van der Waals surface area (Å²) in [4.78, 5) is 29.3. The third kappa shape index (κ3) is 5.37. The largest absolute Gasteiger partial charge is 0.444 e. The van der Waals surface area contributed by atoms with E-state index in [4.69, 9.17) is 4.74 Å². The molecule has 1 aliphatic carbocycles. The number of pyridine rings is 1. The molecule has 0 saturated heterocycles. The number of amides is 2. The fourth-order valence-electron chi connectivity index (χ4n) is 3.42. The monoisotopic (exact) mass is 413 g/mol. The molecule has 0 aromatic carbocycles. The van der Waals surface area contributed by atoms with E-state index in [0.29, 0.717) is 23.8 Å². The molecule has 2 N–H and O–H groups in total. The molecule has 1 atom stereocenters. The number of nitrogens with one attached hydrogen (secondary N) is 2. The number of aryl methyl sites for hydroxylation is 2. The highest BCUT2D eigenvalue weighted by Gasteiger charge is 2.43. The molecule has 1 unspecified atom stereocenters. The van der Waals surface area contributed by atoms with Crippen LogP contribution < -0.4 is 10.6 Å². The van der Waals surface area contributed by atoms with Crippen LogP contribution in [0, 0.1) is 19.8 Å². The summed E-state index contributed by atoms with van der Waals surface area (Å²) in [5, 5.41) is 10.3. The van der Waals surface area contributed by atoms with Crippen LogP contribution in [0.1, 0.15) is 62.3 Å². The molecule has 0 bridgehead atoms. The standard InChI is InChI=1S/C22H31N5O3/c1-14-11-15(2)27(26-14)18-10-7-16(12-23-18)19(28)25-22(6,17-8-9-17)13-24-20(29)30-21(3,4)5/h7,10-12,17H,8-9,13H2,1-6H3,(H,24,29)(H,25,28). The van der Waals surface area contributed by atoms with Crippen LogP contribution in [0.4, 0.5) is 4.79 Å². The molecule has 1 aliphatic rings. The Bertz CT molecular complexity index is 925. The topological polar surface area (TPSA) is 98.1 Å². The van der Waals surface area contributed by atoms with E-state index in [0.717, 1.165) is 24.2 Å². The van der Waals surface area contributed by atoms with Crippen molar-refractivity contribution in [2.45, 2.75) is 65.5 Å². The SMILES string of the molecule is Cc1cc(C)n(-c2ccc(C(=O)NC(C)(CNC(=O)OC(C)(C)C)C3CC3)cn2)n1. The Morgan fingerprint density at radius 2 is 1.90 bits per heavy atom. The van der Waals surface area contributed by atoms with Gasteiger partial charge in [-0.2, -0.15) is 5.10 Å². The number of nitrogens with zero attached hydrogens (tertiary/aromatic N) is 3. The molecule has 0 radical (unpaired) electrons. The number of carbonyl (C=O) groups excluding carboxylic acids is 2. The van der Waals surface area contributed by atoms with Crippen molar-refractivity contribution >= 4 is 12.0 Å². The van der Waals surface area contributed by atoms with E-state index in [2.05, 4.69) is 20.7 Å². The second-order valence-electron chi connectivity index (χ2n) is 9.25. The predicted molar refractivity (Wildman–Crippen MR) is 114 cm³/mol. The van der Waals surface area contributed by atoms with Crippen molar-refractivity contribution in [1.29, 1.82) is 0 Å². The van der Waals surface area contributed by atoms with Crippen molar-refractivity contribution < 1.29 is 14.3 Å². The normalized spacial score (nSPS) is 15.9. The highest BCUT2D eigenvalue weighted by molar-refractivity contribution is 5.94. The highest BCUT2D eigenvalue weighted by atomic mass is 16.6. The molecule has 2 aromatic rings. The Morgan fingerprint density at radius 1 is 1.20 bits per heavy atom. The molecule has 2 aromatic heterocycles. The van der Waals surface area contributed by atoms with E-state index < -0.39 is 17.2 Å². The minimum atomic E-state index is -0.567. The maximum absolute atomic E-state index is 12.9. The lowest BCUT2D eigenvalue weighted by Gasteiger charge is -2.32. The molecular formula is C22H31N5O3. The van der Waals surface area contributed by atoms with E-state index >= 15 is 0 Å². The number of aromatic nitrogens is 3. The van der Waals surface area contributed by atoms with Gasteiger partial charge in [0.05, 0.1) is 16.8 Å². The molecule has 8 nitrogen and oxygen atoms in total. The average molecular weight is 414 g/mol. The van der Waals surface area contributed by atoms with Crippen LogP contribution >= 0.6 is 0 Å². The maximum Gasteiger partial charge on any atom is 0.407 e. The highest BCUT2D eigenvalue weighted by Crippen LogP contribution is 2.39. The number of carbonyl (C=O) groups is 2. The zero-order chi connectivity index (χ0) is 22.1. The van der Waals surface area contributed by atoms with Crippen LogP contribution in [0.25, 0.3) is 5.82 Å². The van der Waals surface area contributed by atoms with E-state index in [-0.39, 0.29) is 5.91 Å². The van der Waals surface area contributed by atoms with Crippen molar-refractivity contribution in [3.8, 4) is 5.82 Å². The van der Waals surface area contributed by atoms with E-state index in [1.54, 1.807) is 23.0 Å². The van der Waals surface area contributed by atoms with Crippen molar-refractivity contribution in [3.05, 3.63) is 41.3 Å². The lowest BCUT2D eigenvalue weighted by molar-refractivity contribution is 0.0502. The average Bonchev–Trinajstić information content (AvgIpc) is 3.44. The van der Waals surface area contributed by atoms with Gasteiger partial charge < -0.3 is 15.4 Å². The summed E-state index contributed by atoms with van der Waals surface area (Å²) < 4.78 is 7.05. The van der Waals surface area contributed by atoms with Gasteiger partial charge in [0.2, 0.25) is 0 Å². The molecule has 1 saturated carbocycles. The molecule has 30 heavy (non-hydrogen) atoms. The van der Waals surface area contributed by atoms with Gasteiger partial charge in [-0.3, -0.25) is 4.79 Å². The van der Waals surface area contributed by atoms with Crippen LogP contribution in [-0.4, -0.2) is 44.4 Å². The van der Waals surface area contributed by atoms with Crippen molar-refractivity contribution in [3.63, 3.8) is 0 Å². The van der Waals surface area contributed by atoms with Gasteiger partial charge in [0, 0.05) is 18.4 Å². The van der Waals surface area contributed by atoms with Crippen LogP contribution in [0.3, 0.4) is 0 Å². The minimum Gasteiger partial charge on any atom is -0.444 e. The number of alkyl carbamates (subject to hydrolysis) is 1. The van der Waals surface area contributed by atoms with Crippen LogP contribution in [-0.2, 0) is 4.74 Å². The molecule has 8 heteroatoms. The van der Waals surface area contributed by atoms with Gasteiger partial charge in [0.25, 0.3) is 5.91 Å². The molecule has 3 rings (SSSR count). The van der Waals surface area contributed by atoms with Crippen LogP contribution in [0.5, 0.6) is 0 Å². The minimum absolute atomic E-state index is 0.220. The first-order chi connectivity index (χ1) is 14.0. The predicted octanol–water partition coefficient (Wildman–Crippen LogP) is 3.31. The van der Waals surface area contributed by atoms with Crippen molar-refractivity contribution in [1.82, 2.24) is 25.4 Å².